The molecule has 0 aliphatic carbocycles. The van der Waals surface area contributed by atoms with Crippen LogP contribution < -0.4 is 5.73 Å². The van der Waals surface area contributed by atoms with Crippen LogP contribution in [0.25, 0.3) is 0 Å². The maximum atomic E-state index is 10.6. The molecule has 10 heavy (non-hydrogen) atoms. The van der Waals surface area contributed by atoms with Gasteiger partial charge in [0.15, 0.2) is 0 Å². The van der Waals surface area contributed by atoms with E-state index in [9.17, 15) is 9.59 Å². The van der Waals surface area contributed by atoms with Gasteiger partial charge in [0, 0.05) is 6.54 Å². The smallest absolute Gasteiger partial charge is 0.323 e. The molecule has 1 fully saturated rings. The number of carboxylic acids is 1. The zero-order valence-corrected chi connectivity index (χ0v) is 5.28. The predicted molar refractivity (Wildman–Crippen MR) is 32.2 cm³/mol. The number of hydrogen-bond acceptors (Lipinski definition) is 3. The molecule has 0 bridgehead atoms. The molecule has 0 radical (unpaired) electrons. The minimum Gasteiger partial charge on any atom is -0.480 e. The summed E-state index contributed by atoms with van der Waals surface area (Å²) in [6, 6.07) is -0.473. The zero-order valence-electron chi connectivity index (χ0n) is 5.28. The summed E-state index contributed by atoms with van der Waals surface area (Å²) in [5.41, 5.74) is 5.20. The molecule has 1 amide bonds. The number of hydrogen-bond donors (Lipinski definition) is 2. The highest BCUT2D eigenvalue weighted by Gasteiger charge is 2.34. The molecule has 0 saturated carbocycles. The van der Waals surface area contributed by atoms with Crippen molar-refractivity contribution in [2.75, 3.05) is 13.1 Å². The van der Waals surface area contributed by atoms with Gasteiger partial charge in [0.25, 0.3) is 0 Å². The number of amides is 1. The van der Waals surface area contributed by atoms with Crippen LogP contribution in [0.2, 0.25) is 0 Å². The van der Waals surface area contributed by atoms with Crippen molar-refractivity contribution >= 4 is 11.9 Å². The summed E-state index contributed by atoms with van der Waals surface area (Å²) in [7, 11) is 0. The van der Waals surface area contributed by atoms with Gasteiger partial charge in [0.2, 0.25) is 5.91 Å². The Labute approximate surface area is 57.4 Å². The Morgan fingerprint density at radius 3 is 2.80 bits per heavy atom. The van der Waals surface area contributed by atoms with Crippen LogP contribution in [0.3, 0.4) is 0 Å². The highest BCUT2D eigenvalue weighted by atomic mass is 16.4. The molecular formula is C5H8N2O3. The van der Waals surface area contributed by atoms with Gasteiger partial charge in [-0.15, -0.1) is 0 Å². The second kappa shape index (κ2) is 2.26. The van der Waals surface area contributed by atoms with E-state index in [1.54, 1.807) is 0 Å². The molecule has 56 valence electrons. The van der Waals surface area contributed by atoms with Gasteiger partial charge in [0.1, 0.15) is 12.6 Å². The van der Waals surface area contributed by atoms with Gasteiger partial charge in [-0.05, 0) is 0 Å². The van der Waals surface area contributed by atoms with E-state index in [-0.39, 0.29) is 12.5 Å². The first kappa shape index (κ1) is 7.01. The van der Waals surface area contributed by atoms with Gasteiger partial charge in [-0.3, -0.25) is 9.59 Å². The number of nitrogens with zero attached hydrogens (tertiary/aromatic N) is 1. The van der Waals surface area contributed by atoms with Crippen LogP contribution in [0.1, 0.15) is 0 Å². The Bertz CT molecular complexity index is 180. The van der Waals surface area contributed by atoms with Crippen molar-refractivity contribution < 1.29 is 14.7 Å². The van der Waals surface area contributed by atoms with Crippen molar-refractivity contribution in [2.45, 2.75) is 6.04 Å². The van der Waals surface area contributed by atoms with E-state index in [1.165, 1.54) is 4.90 Å². The Morgan fingerprint density at radius 2 is 2.50 bits per heavy atom. The van der Waals surface area contributed by atoms with E-state index >= 15 is 0 Å². The van der Waals surface area contributed by atoms with Crippen LogP contribution >= 0.6 is 0 Å². The molecule has 1 atom stereocenters. The molecule has 1 aliphatic rings. The van der Waals surface area contributed by atoms with Crippen LogP contribution in [0.5, 0.6) is 0 Å². The fraction of sp³-hybridized carbons (Fsp3) is 0.600. The number of carbonyl (C=O) groups excluding carboxylic acids is 1. The second-order valence-corrected chi connectivity index (χ2v) is 2.22. The molecule has 3 N–H and O–H groups in total. The van der Waals surface area contributed by atoms with E-state index in [1.807, 2.05) is 0 Å². The van der Waals surface area contributed by atoms with Gasteiger partial charge in [-0.1, -0.05) is 0 Å². The lowest BCUT2D eigenvalue weighted by Crippen LogP contribution is -2.61. The van der Waals surface area contributed by atoms with Crippen LogP contribution in [-0.2, 0) is 9.59 Å². The molecule has 0 spiro atoms. The SMILES string of the molecule is NC1CN(CC(=O)O)C1=O. The first-order chi connectivity index (χ1) is 4.61. The Hall–Kier alpha value is -1.10. The third-order valence-corrected chi connectivity index (χ3v) is 1.37. The molecule has 0 aromatic rings. The highest BCUT2D eigenvalue weighted by Crippen LogP contribution is 2.05. The molecule has 0 aromatic heterocycles. The van der Waals surface area contributed by atoms with E-state index in [0.29, 0.717) is 6.54 Å². The molecule has 1 rings (SSSR count). The van der Waals surface area contributed by atoms with E-state index in [0.717, 1.165) is 0 Å². The van der Waals surface area contributed by atoms with Crippen molar-refractivity contribution in [2.24, 2.45) is 5.73 Å². The van der Waals surface area contributed by atoms with Crippen molar-refractivity contribution in [1.82, 2.24) is 4.90 Å². The molecule has 5 nitrogen and oxygen atoms in total. The van der Waals surface area contributed by atoms with Gasteiger partial charge in [-0.2, -0.15) is 0 Å². The molecule has 0 aromatic carbocycles. The fourth-order valence-electron chi connectivity index (χ4n) is 0.833. The highest BCUT2D eigenvalue weighted by molar-refractivity contribution is 5.90. The third kappa shape index (κ3) is 1.08. The molecule has 1 unspecified atom stereocenters. The lowest BCUT2D eigenvalue weighted by molar-refractivity contribution is -0.151. The van der Waals surface area contributed by atoms with Crippen LogP contribution in [0.4, 0.5) is 0 Å². The third-order valence-electron chi connectivity index (χ3n) is 1.37. The second-order valence-electron chi connectivity index (χ2n) is 2.22. The summed E-state index contributed by atoms with van der Waals surface area (Å²) in [5, 5.41) is 8.22. The number of rotatable bonds is 2. The number of β-lactam (4-membered cyclic amide) rings is 1. The summed E-state index contributed by atoms with van der Waals surface area (Å²) < 4.78 is 0. The first-order valence-electron chi connectivity index (χ1n) is 2.87. The Balaban J connectivity index is 2.34. The quantitative estimate of drug-likeness (QED) is 0.450. The number of aliphatic carboxylic acids is 1. The summed E-state index contributed by atoms with van der Waals surface area (Å²) in [5.74, 6) is -1.28. The molecule has 1 aliphatic heterocycles. The number of carbonyl (C=O) groups is 2. The average Bonchev–Trinajstić information content (AvgIpc) is 1.86. The number of likely N-dealkylation sites (tertiary alicyclic amines) is 1. The predicted octanol–water partition coefficient (Wildman–Crippen LogP) is -1.76. The van der Waals surface area contributed by atoms with Crippen molar-refractivity contribution in [1.29, 1.82) is 0 Å². The standard InChI is InChI=1S/C5H8N2O3/c6-3-1-7(5(3)10)2-4(8)9/h3H,1-2,6H2,(H,8,9). The van der Waals surface area contributed by atoms with E-state index in [4.69, 9.17) is 10.8 Å². The summed E-state index contributed by atoms with van der Waals surface area (Å²) in [4.78, 5) is 21.9. The maximum absolute atomic E-state index is 10.6. The van der Waals surface area contributed by atoms with Crippen LogP contribution in [0.15, 0.2) is 0 Å². The average molecular weight is 144 g/mol. The fourth-order valence-corrected chi connectivity index (χ4v) is 0.833. The van der Waals surface area contributed by atoms with E-state index in [2.05, 4.69) is 0 Å². The summed E-state index contributed by atoms with van der Waals surface area (Å²) >= 11 is 0. The van der Waals surface area contributed by atoms with Crippen molar-refractivity contribution in [3.8, 4) is 0 Å². The minimum atomic E-state index is -1.000. The molecular weight excluding hydrogens is 136 g/mol. The number of carboxylic acid groups (broad SMARTS) is 1. The summed E-state index contributed by atoms with van der Waals surface area (Å²) in [6.45, 7) is 0.137. The molecule has 5 heteroatoms. The van der Waals surface area contributed by atoms with Crippen molar-refractivity contribution in [3.05, 3.63) is 0 Å². The lowest BCUT2D eigenvalue weighted by atomic mass is 10.1. The van der Waals surface area contributed by atoms with E-state index < -0.39 is 12.0 Å². The van der Waals surface area contributed by atoms with Gasteiger partial charge >= 0.3 is 5.97 Å². The topological polar surface area (TPSA) is 83.6 Å². The maximum Gasteiger partial charge on any atom is 0.323 e. The van der Waals surface area contributed by atoms with Gasteiger partial charge < -0.3 is 15.7 Å². The largest absolute Gasteiger partial charge is 0.480 e. The Kier molecular flexibility index (Phi) is 1.58. The lowest BCUT2D eigenvalue weighted by Gasteiger charge is -2.34. The van der Waals surface area contributed by atoms with Crippen molar-refractivity contribution in [3.63, 3.8) is 0 Å². The van der Waals surface area contributed by atoms with Gasteiger partial charge in [0.05, 0.1) is 0 Å². The first-order valence-corrected chi connectivity index (χ1v) is 2.87. The molecule has 1 heterocycles. The summed E-state index contributed by atoms with van der Waals surface area (Å²) in [6.07, 6.45) is 0. The normalized spacial score (nSPS) is 24.3. The Morgan fingerprint density at radius 1 is 1.90 bits per heavy atom. The van der Waals surface area contributed by atoms with Gasteiger partial charge in [-0.25, -0.2) is 0 Å². The number of nitrogens with two attached hydrogens (primary N) is 1. The zero-order chi connectivity index (χ0) is 7.72. The molecule has 1 saturated heterocycles. The van der Waals surface area contributed by atoms with Crippen LogP contribution in [-0.4, -0.2) is 41.0 Å². The minimum absolute atomic E-state index is 0.230. The van der Waals surface area contributed by atoms with Crippen LogP contribution in [0, 0.1) is 0 Å². The monoisotopic (exact) mass is 144 g/mol.